The zero-order valence-electron chi connectivity index (χ0n) is 18.4. The summed E-state index contributed by atoms with van der Waals surface area (Å²) in [6, 6.07) is 4.36. The van der Waals surface area contributed by atoms with E-state index in [1.54, 1.807) is 0 Å². The van der Waals surface area contributed by atoms with Crippen LogP contribution >= 0.6 is 23.2 Å². The maximum atomic E-state index is 14.2. The summed E-state index contributed by atoms with van der Waals surface area (Å²) in [5.41, 5.74) is 1.80. The third-order valence-electron chi connectivity index (χ3n) is 6.42. The summed E-state index contributed by atoms with van der Waals surface area (Å²) in [5, 5.41) is 20.8. The van der Waals surface area contributed by atoms with Crippen LogP contribution in [0, 0.1) is 5.82 Å². The summed E-state index contributed by atoms with van der Waals surface area (Å²) >= 11 is 12.7. The lowest BCUT2D eigenvalue weighted by Crippen LogP contribution is -2.37. The molecule has 0 unspecified atom stereocenters. The van der Waals surface area contributed by atoms with Crippen LogP contribution in [0.2, 0.25) is 10.0 Å². The van der Waals surface area contributed by atoms with Crippen LogP contribution in [0.15, 0.2) is 22.6 Å². The summed E-state index contributed by atoms with van der Waals surface area (Å²) in [7, 11) is 2.11. The van der Waals surface area contributed by atoms with Gasteiger partial charge in [0.25, 0.3) is 5.89 Å². The molecule has 3 aromatic rings. The van der Waals surface area contributed by atoms with Crippen molar-refractivity contribution in [3.8, 4) is 11.6 Å². The number of hydrogen-bond donors (Lipinski definition) is 1. The summed E-state index contributed by atoms with van der Waals surface area (Å²) in [4.78, 5) is 4.37. The Bertz CT molecular complexity index is 1170. The van der Waals surface area contributed by atoms with E-state index in [1.165, 1.54) is 12.1 Å². The lowest BCUT2D eigenvalue weighted by Gasteiger charge is -2.36. The number of aromatic nitrogens is 4. The van der Waals surface area contributed by atoms with Crippen LogP contribution < -0.4 is 10.2 Å². The molecule has 4 heterocycles. The van der Waals surface area contributed by atoms with E-state index in [2.05, 4.69) is 42.6 Å². The first-order valence-corrected chi connectivity index (χ1v) is 11.7. The Kier molecular flexibility index (Phi) is 6.11. The third-order valence-corrected chi connectivity index (χ3v) is 7.13. The predicted octanol–water partition coefficient (Wildman–Crippen LogP) is 4.77. The fourth-order valence-corrected chi connectivity index (χ4v) is 5.18. The molecule has 0 radical (unpaired) electrons. The maximum Gasteiger partial charge on any atom is 0.268 e. The minimum Gasteiger partial charge on any atom is -0.419 e. The number of likely N-dealkylation sites (tertiary alicyclic amines) is 1. The molecule has 1 fully saturated rings. The molecule has 174 valence electrons. The number of nitrogens with zero attached hydrogens (tertiary/aromatic N) is 6. The normalized spacial score (nSPS) is 18.2. The standard InChI is InChI=1S/C22H24Cl2FN7O/c1-12(18-14(23)3-4-15(25)19(18)24)32-10-7-26-20-17(32)11-16(27-28-20)22-30-29-21(33-22)13-5-8-31(2)9-6-13/h3-4,11-13H,5-10H2,1-2H3,(H,26,28)/t12-/m1/s1. The van der Waals surface area contributed by atoms with Gasteiger partial charge in [0.05, 0.1) is 16.8 Å². The van der Waals surface area contributed by atoms with Gasteiger partial charge in [-0.2, -0.15) is 0 Å². The molecule has 2 aliphatic rings. The highest BCUT2D eigenvalue weighted by atomic mass is 35.5. The highest BCUT2D eigenvalue weighted by Crippen LogP contribution is 2.40. The summed E-state index contributed by atoms with van der Waals surface area (Å²) in [6.45, 7) is 5.24. The number of benzene rings is 1. The molecule has 2 aliphatic heterocycles. The van der Waals surface area contributed by atoms with Crippen molar-refractivity contribution >= 4 is 34.7 Å². The maximum absolute atomic E-state index is 14.2. The second-order valence-electron chi connectivity index (χ2n) is 8.54. The second kappa shape index (κ2) is 9.04. The summed E-state index contributed by atoms with van der Waals surface area (Å²) in [6.07, 6.45) is 1.97. The smallest absolute Gasteiger partial charge is 0.268 e. The van der Waals surface area contributed by atoms with E-state index in [0.717, 1.165) is 31.6 Å². The van der Waals surface area contributed by atoms with Gasteiger partial charge in [-0.05, 0) is 58.1 Å². The van der Waals surface area contributed by atoms with E-state index in [1.807, 2.05) is 13.0 Å². The number of hydrogen-bond acceptors (Lipinski definition) is 8. The van der Waals surface area contributed by atoms with Gasteiger partial charge in [0.1, 0.15) is 5.82 Å². The van der Waals surface area contributed by atoms with Crippen molar-refractivity contribution in [1.29, 1.82) is 0 Å². The summed E-state index contributed by atoms with van der Waals surface area (Å²) in [5.74, 6) is 1.34. The molecule has 1 aromatic carbocycles. The predicted molar refractivity (Wildman–Crippen MR) is 125 cm³/mol. The van der Waals surface area contributed by atoms with Gasteiger partial charge < -0.3 is 19.5 Å². The molecule has 0 aliphatic carbocycles. The Morgan fingerprint density at radius 3 is 2.70 bits per heavy atom. The van der Waals surface area contributed by atoms with Gasteiger partial charge in [-0.3, -0.25) is 0 Å². The first-order chi connectivity index (χ1) is 15.9. The number of rotatable bonds is 4. The second-order valence-corrected chi connectivity index (χ2v) is 9.32. The van der Waals surface area contributed by atoms with E-state index in [0.29, 0.717) is 47.0 Å². The molecule has 5 rings (SSSR count). The van der Waals surface area contributed by atoms with E-state index in [4.69, 9.17) is 27.6 Å². The summed E-state index contributed by atoms with van der Waals surface area (Å²) < 4.78 is 20.2. The van der Waals surface area contributed by atoms with Crippen LogP contribution in [0.3, 0.4) is 0 Å². The van der Waals surface area contributed by atoms with Gasteiger partial charge in [0, 0.05) is 29.6 Å². The molecule has 8 nitrogen and oxygen atoms in total. The number of anilines is 2. The van der Waals surface area contributed by atoms with Crippen LogP contribution in [0.25, 0.3) is 11.6 Å². The zero-order valence-corrected chi connectivity index (χ0v) is 19.9. The monoisotopic (exact) mass is 491 g/mol. The average molecular weight is 492 g/mol. The molecule has 1 atom stereocenters. The molecular weight excluding hydrogens is 468 g/mol. The quantitative estimate of drug-likeness (QED) is 0.522. The van der Waals surface area contributed by atoms with Crippen molar-refractivity contribution in [2.75, 3.05) is 43.4 Å². The van der Waals surface area contributed by atoms with Gasteiger partial charge in [-0.25, -0.2) is 4.39 Å². The average Bonchev–Trinajstić information content (AvgIpc) is 3.32. The van der Waals surface area contributed by atoms with Gasteiger partial charge in [0.15, 0.2) is 11.5 Å². The Hall–Kier alpha value is -2.49. The van der Waals surface area contributed by atoms with Crippen molar-refractivity contribution in [3.05, 3.63) is 45.5 Å². The molecule has 33 heavy (non-hydrogen) atoms. The van der Waals surface area contributed by atoms with Crippen molar-refractivity contribution in [3.63, 3.8) is 0 Å². The van der Waals surface area contributed by atoms with Crippen LogP contribution in [-0.2, 0) is 0 Å². The third kappa shape index (κ3) is 4.25. The van der Waals surface area contributed by atoms with Crippen LogP contribution in [0.5, 0.6) is 0 Å². The van der Waals surface area contributed by atoms with E-state index < -0.39 is 5.82 Å². The SMILES string of the molecule is C[C@H](c1c(Cl)ccc(F)c1Cl)N1CCNc2nnc(-c3nnc(C4CCN(C)CC4)o3)cc21. The van der Waals surface area contributed by atoms with E-state index in [-0.39, 0.29) is 17.0 Å². The van der Waals surface area contributed by atoms with Crippen molar-refractivity contribution in [2.45, 2.75) is 31.7 Å². The highest BCUT2D eigenvalue weighted by molar-refractivity contribution is 6.36. The van der Waals surface area contributed by atoms with E-state index in [9.17, 15) is 4.39 Å². The Morgan fingerprint density at radius 1 is 1.12 bits per heavy atom. The fraction of sp³-hybridized carbons (Fsp3) is 0.455. The van der Waals surface area contributed by atoms with Crippen LogP contribution in [0.1, 0.15) is 43.2 Å². The van der Waals surface area contributed by atoms with Gasteiger partial charge in [-0.15, -0.1) is 20.4 Å². The molecule has 0 saturated carbocycles. The van der Waals surface area contributed by atoms with Gasteiger partial charge in [-0.1, -0.05) is 23.2 Å². The molecule has 1 saturated heterocycles. The minimum atomic E-state index is -0.501. The Labute approximate surface area is 201 Å². The van der Waals surface area contributed by atoms with Crippen LogP contribution in [0.4, 0.5) is 15.9 Å². The topological polar surface area (TPSA) is 83.2 Å². The molecule has 0 bridgehead atoms. The molecule has 1 N–H and O–H groups in total. The number of nitrogens with one attached hydrogen (secondary N) is 1. The lowest BCUT2D eigenvalue weighted by molar-refractivity contribution is 0.237. The molecular formula is C22H24Cl2FN7O. The van der Waals surface area contributed by atoms with Crippen molar-refractivity contribution < 1.29 is 8.81 Å². The largest absolute Gasteiger partial charge is 0.419 e. The fourth-order valence-electron chi connectivity index (χ4n) is 4.49. The zero-order chi connectivity index (χ0) is 23.1. The molecule has 0 spiro atoms. The number of fused-ring (bicyclic) bond motifs is 1. The molecule has 0 amide bonds. The van der Waals surface area contributed by atoms with E-state index >= 15 is 0 Å². The lowest BCUT2D eigenvalue weighted by atomic mass is 9.97. The Morgan fingerprint density at radius 2 is 1.91 bits per heavy atom. The first kappa shape index (κ1) is 22.3. The van der Waals surface area contributed by atoms with Crippen molar-refractivity contribution in [1.82, 2.24) is 25.3 Å². The number of halogens is 3. The molecule has 2 aromatic heterocycles. The first-order valence-electron chi connectivity index (χ1n) is 11.0. The van der Waals surface area contributed by atoms with Crippen LogP contribution in [-0.4, -0.2) is 58.5 Å². The Balaban J connectivity index is 1.46. The minimum absolute atomic E-state index is 0.0250. The number of piperidine rings is 1. The highest BCUT2D eigenvalue weighted by Gasteiger charge is 2.29. The van der Waals surface area contributed by atoms with Gasteiger partial charge >= 0.3 is 0 Å². The van der Waals surface area contributed by atoms with Gasteiger partial charge in [0.2, 0.25) is 5.89 Å². The van der Waals surface area contributed by atoms with Crippen molar-refractivity contribution in [2.24, 2.45) is 0 Å². The molecule has 11 heteroatoms.